The summed E-state index contributed by atoms with van der Waals surface area (Å²) >= 11 is 0. The van der Waals surface area contributed by atoms with Gasteiger partial charge >= 0.3 is 0 Å². The van der Waals surface area contributed by atoms with Gasteiger partial charge in [0.05, 0.1) is 11.5 Å². The largest absolute Gasteiger partial charge is 0.355 e. The maximum absolute atomic E-state index is 11.5. The van der Waals surface area contributed by atoms with Crippen molar-refractivity contribution in [2.24, 2.45) is 4.99 Å². The number of rotatable bonds is 6. The van der Waals surface area contributed by atoms with Gasteiger partial charge in [-0.05, 0) is 33.1 Å². The summed E-state index contributed by atoms with van der Waals surface area (Å²) in [6, 6.07) is 1.31. The van der Waals surface area contributed by atoms with Crippen molar-refractivity contribution in [3.05, 3.63) is 0 Å². The second-order valence-corrected chi connectivity index (χ2v) is 8.53. The highest BCUT2D eigenvalue weighted by Gasteiger charge is 2.30. The Bertz CT molecular complexity index is 469. The summed E-state index contributed by atoms with van der Waals surface area (Å²) in [6.45, 7) is 6.28. The maximum Gasteiger partial charge on any atom is 0.191 e. The first-order chi connectivity index (χ1) is 9.91. The SMILES string of the molecule is CN=C(NCCN(C(C)C)C1CC1)NC1CCS(=O)(=O)C1. The molecule has 1 atom stereocenters. The van der Waals surface area contributed by atoms with Crippen LogP contribution in [0.15, 0.2) is 4.99 Å². The molecule has 1 aliphatic heterocycles. The first-order valence-corrected chi connectivity index (χ1v) is 9.67. The van der Waals surface area contributed by atoms with Crippen LogP contribution in [-0.2, 0) is 9.84 Å². The average Bonchev–Trinajstić information content (AvgIpc) is 3.17. The molecule has 0 amide bonds. The molecule has 122 valence electrons. The van der Waals surface area contributed by atoms with E-state index < -0.39 is 9.84 Å². The van der Waals surface area contributed by atoms with Gasteiger partial charge in [-0.3, -0.25) is 9.89 Å². The fraction of sp³-hybridized carbons (Fsp3) is 0.929. The summed E-state index contributed by atoms with van der Waals surface area (Å²) in [6.07, 6.45) is 3.29. The summed E-state index contributed by atoms with van der Waals surface area (Å²) in [7, 11) is -1.13. The van der Waals surface area contributed by atoms with Crippen LogP contribution in [-0.4, -0.2) is 69.0 Å². The van der Waals surface area contributed by atoms with Crippen molar-refractivity contribution in [2.45, 2.75) is 51.2 Å². The zero-order valence-electron chi connectivity index (χ0n) is 13.3. The van der Waals surface area contributed by atoms with E-state index in [4.69, 9.17) is 0 Å². The quantitative estimate of drug-likeness (QED) is 0.541. The molecule has 7 heteroatoms. The van der Waals surface area contributed by atoms with Gasteiger partial charge < -0.3 is 10.6 Å². The molecule has 6 nitrogen and oxygen atoms in total. The third kappa shape index (κ3) is 5.14. The second-order valence-electron chi connectivity index (χ2n) is 6.31. The molecule has 0 aromatic rings. The molecule has 0 bridgehead atoms. The predicted molar refractivity (Wildman–Crippen MR) is 86.4 cm³/mol. The van der Waals surface area contributed by atoms with Gasteiger partial charge in [0.25, 0.3) is 0 Å². The number of hydrogen-bond acceptors (Lipinski definition) is 4. The minimum atomic E-state index is -2.85. The van der Waals surface area contributed by atoms with Crippen LogP contribution in [0.2, 0.25) is 0 Å². The Morgan fingerprint density at radius 1 is 1.33 bits per heavy atom. The molecule has 1 saturated carbocycles. The van der Waals surface area contributed by atoms with Gasteiger partial charge in [-0.25, -0.2) is 8.42 Å². The zero-order chi connectivity index (χ0) is 15.5. The molecule has 0 aromatic heterocycles. The van der Waals surface area contributed by atoms with Crippen LogP contribution in [0.4, 0.5) is 0 Å². The van der Waals surface area contributed by atoms with E-state index in [2.05, 4.69) is 34.4 Å². The van der Waals surface area contributed by atoms with Crippen molar-refractivity contribution in [1.29, 1.82) is 0 Å². The van der Waals surface area contributed by atoms with Gasteiger partial charge in [0, 0.05) is 38.3 Å². The first-order valence-electron chi connectivity index (χ1n) is 7.84. The molecule has 1 unspecified atom stereocenters. The van der Waals surface area contributed by atoms with E-state index in [1.807, 2.05) is 0 Å². The van der Waals surface area contributed by atoms with E-state index >= 15 is 0 Å². The standard InChI is InChI=1S/C14H28N4O2S/c1-11(2)18(13-4-5-13)8-7-16-14(15-3)17-12-6-9-21(19,20)10-12/h11-13H,4-10H2,1-3H3,(H2,15,16,17). The summed E-state index contributed by atoms with van der Waals surface area (Å²) in [5.74, 6) is 1.20. The number of sulfone groups is 1. The van der Waals surface area contributed by atoms with Crippen LogP contribution < -0.4 is 10.6 Å². The molecule has 1 aliphatic carbocycles. The van der Waals surface area contributed by atoms with Gasteiger partial charge in [0.1, 0.15) is 0 Å². The van der Waals surface area contributed by atoms with E-state index in [9.17, 15) is 8.42 Å². The maximum atomic E-state index is 11.5. The lowest BCUT2D eigenvalue weighted by Crippen LogP contribution is -2.47. The molecule has 0 aromatic carbocycles. The van der Waals surface area contributed by atoms with Gasteiger partial charge in [-0.15, -0.1) is 0 Å². The van der Waals surface area contributed by atoms with E-state index in [0.29, 0.717) is 18.4 Å². The highest BCUT2D eigenvalue weighted by Crippen LogP contribution is 2.27. The van der Waals surface area contributed by atoms with E-state index in [0.717, 1.165) is 19.1 Å². The van der Waals surface area contributed by atoms with E-state index in [1.165, 1.54) is 12.8 Å². The number of nitrogens with zero attached hydrogens (tertiary/aromatic N) is 2. The van der Waals surface area contributed by atoms with Crippen LogP contribution in [0.1, 0.15) is 33.1 Å². The Kier molecular flexibility index (Phi) is 5.48. The predicted octanol–water partition coefficient (Wildman–Crippen LogP) is 0.211. The molecule has 1 saturated heterocycles. The van der Waals surface area contributed by atoms with Crippen molar-refractivity contribution in [3.63, 3.8) is 0 Å². The fourth-order valence-electron chi connectivity index (χ4n) is 2.87. The molecular weight excluding hydrogens is 288 g/mol. The molecule has 2 aliphatic rings. The van der Waals surface area contributed by atoms with Gasteiger partial charge in [0.15, 0.2) is 15.8 Å². The molecule has 21 heavy (non-hydrogen) atoms. The van der Waals surface area contributed by atoms with Crippen LogP contribution in [0, 0.1) is 0 Å². The Labute approximate surface area is 128 Å². The monoisotopic (exact) mass is 316 g/mol. The zero-order valence-corrected chi connectivity index (χ0v) is 14.1. The third-order valence-corrected chi connectivity index (χ3v) is 5.91. The van der Waals surface area contributed by atoms with Crippen molar-refractivity contribution in [1.82, 2.24) is 15.5 Å². The van der Waals surface area contributed by atoms with Crippen molar-refractivity contribution < 1.29 is 8.42 Å². The summed E-state index contributed by atoms with van der Waals surface area (Å²) in [5.41, 5.74) is 0. The smallest absolute Gasteiger partial charge is 0.191 e. The van der Waals surface area contributed by atoms with Gasteiger partial charge in [0.2, 0.25) is 0 Å². The molecular formula is C14H28N4O2S. The second kappa shape index (κ2) is 6.96. The Morgan fingerprint density at radius 3 is 2.52 bits per heavy atom. The number of hydrogen-bond donors (Lipinski definition) is 2. The van der Waals surface area contributed by atoms with Gasteiger partial charge in [-0.1, -0.05) is 0 Å². The lowest BCUT2D eigenvalue weighted by molar-refractivity contribution is 0.215. The first kappa shape index (κ1) is 16.5. The minimum absolute atomic E-state index is 0.00849. The Morgan fingerprint density at radius 2 is 2.05 bits per heavy atom. The van der Waals surface area contributed by atoms with E-state index in [-0.39, 0.29) is 17.5 Å². The number of nitrogens with one attached hydrogen (secondary N) is 2. The number of aliphatic imine (C=N–C) groups is 1. The van der Waals surface area contributed by atoms with Crippen LogP contribution in [0.3, 0.4) is 0 Å². The summed E-state index contributed by atoms with van der Waals surface area (Å²) < 4.78 is 22.9. The molecule has 2 rings (SSSR count). The normalized spacial score (nSPS) is 25.6. The summed E-state index contributed by atoms with van der Waals surface area (Å²) in [5, 5.41) is 6.50. The van der Waals surface area contributed by atoms with E-state index in [1.54, 1.807) is 7.05 Å². The highest BCUT2D eigenvalue weighted by atomic mass is 32.2. The third-order valence-electron chi connectivity index (χ3n) is 4.14. The van der Waals surface area contributed by atoms with Crippen LogP contribution in [0.25, 0.3) is 0 Å². The Balaban J connectivity index is 1.73. The van der Waals surface area contributed by atoms with Crippen molar-refractivity contribution >= 4 is 15.8 Å². The number of guanidine groups is 1. The lowest BCUT2D eigenvalue weighted by Gasteiger charge is -2.27. The molecule has 2 N–H and O–H groups in total. The van der Waals surface area contributed by atoms with Crippen LogP contribution in [0.5, 0.6) is 0 Å². The summed E-state index contributed by atoms with van der Waals surface area (Å²) in [4.78, 5) is 6.70. The van der Waals surface area contributed by atoms with Gasteiger partial charge in [-0.2, -0.15) is 0 Å². The molecule has 0 radical (unpaired) electrons. The molecule has 1 heterocycles. The average molecular weight is 316 g/mol. The topological polar surface area (TPSA) is 73.8 Å². The minimum Gasteiger partial charge on any atom is -0.355 e. The lowest BCUT2D eigenvalue weighted by atomic mass is 10.3. The van der Waals surface area contributed by atoms with Crippen molar-refractivity contribution in [2.75, 3.05) is 31.6 Å². The fourth-order valence-corrected chi connectivity index (χ4v) is 4.54. The van der Waals surface area contributed by atoms with Crippen LogP contribution >= 0.6 is 0 Å². The molecule has 2 fully saturated rings. The Hall–Kier alpha value is -0.820. The van der Waals surface area contributed by atoms with Crippen molar-refractivity contribution in [3.8, 4) is 0 Å². The molecule has 0 spiro atoms. The highest BCUT2D eigenvalue weighted by molar-refractivity contribution is 7.91.